The lowest BCUT2D eigenvalue weighted by Gasteiger charge is -2.23. The summed E-state index contributed by atoms with van der Waals surface area (Å²) >= 11 is 0. The summed E-state index contributed by atoms with van der Waals surface area (Å²) in [5, 5.41) is 24.0. The number of carboxylic acids is 2. The third-order valence-corrected chi connectivity index (χ3v) is 2.97. The molecular weight excluding hydrogens is 336 g/mol. The van der Waals surface area contributed by atoms with Crippen LogP contribution in [0.4, 0.5) is 0 Å². The van der Waals surface area contributed by atoms with Gasteiger partial charge in [-0.1, -0.05) is 13.8 Å². The first-order chi connectivity index (χ1) is 11.6. The second-order valence-electron chi connectivity index (χ2n) is 5.72. The van der Waals surface area contributed by atoms with Crippen LogP contribution >= 0.6 is 0 Å². The molecule has 0 aromatic carbocycles. The lowest BCUT2D eigenvalue weighted by Crippen LogP contribution is -2.55. The quantitative estimate of drug-likeness (QED) is 0.236. The van der Waals surface area contributed by atoms with E-state index in [0.717, 1.165) is 0 Å². The predicted molar refractivity (Wildman–Crippen MR) is 85.3 cm³/mol. The Labute approximate surface area is 144 Å². The molecule has 25 heavy (non-hydrogen) atoms. The van der Waals surface area contributed by atoms with Gasteiger partial charge in [0.25, 0.3) is 0 Å². The monoisotopic (exact) mass is 360 g/mol. The van der Waals surface area contributed by atoms with Gasteiger partial charge in [0.05, 0.1) is 13.0 Å². The van der Waals surface area contributed by atoms with Gasteiger partial charge in [-0.05, 0) is 12.3 Å². The van der Waals surface area contributed by atoms with E-state index >= 15 is 0 Å². The van der Waals surface area contributed by atoms with Crippen molar-refractivity contribution in [3.63, 3.8) is 0 Å². The molecule has 3 amide bonds. The lowest BCUT2D eigenvalue weighted by molar-refractivity contribution is -0.141. The fourth-order valence-electron chi connectivity index (χ4n) is 1.90. The molecule has 0 bridgehead atoms. The first kappa shape index (κ1) is 22.3. The topological polar surface area (TPSA) is 188 Å². The zero-order valence-electron chi connectivity index (χ0n) is 14.1. The number of carboxylic acid groups (broad SMARTS) is 2. The lowest BCUT2D eigenvalue weighted by atomic mass is 10.0. The maximum absolute atomic E-state index is 12.3. The van der Waals surface area contributed by atoms with Crippen molar-refractivity contribution in [2.75, 3.05) is 13.1 Å². The van der Waals surface area contributed by atoms with E-state index in [1.165, 1.54) is 0 Å². The highest BCUT2D eigenvalue weighted by atomic mass is 16.4. The fraction of sp³-hybridized carbons (Fsp3) is 0.643. The van der Waals surface area contributed by atoms with E-state index in [0.29, 0.717) is 0 Å². The number of hydrogen-bond acceptors (Lipinski definition) is 6. The van der Waals surface area contributed by atoms with Gasteiger partial charge in [0.2, 0.25) is 17.7 Å². The normalized spacial score (nSPS) is 12.8. The Kier molecular flexibility index (Phi) is 9.79. The van der Waals surface area contributed by atoms with Gasteiger partial charge >= 0.3 is 11.9 Å². The highest BCUT2D eigenvalue weighted by molar-refractivity contribution is 5.94. The van der Waals surface area contributed by atoms with Gasteiger partial charge in [-0.3, -0.25) is 24.0 Å². The Bertz CT molecular complexity index is 521. The first-order valence-electron chi connectivity index (χ1n) is 7.57. The number of nitrogens with one attached hydrogen (secondary N) is 3. The SMILES string of the molecule is CC(C)CC(NC(=O)CN)C(=O)NC(CC(=O)O)C(=O)NCC(=O)O. The van der Waals surface area contributed by atoms with Crippen LogP contribution in [0, 0.1) is 5.92 Å². The number of aliphatic carboxylic acids is 2. The second kappa shape index (κ2) is 11.0. The van der Waals surface area contributed by atoms with Gasteiger partial charge in [0.1, 0.15) is 18.6 Å². The third-order valence-electron chi connectivity index (χ3n) is 2.97. The smallest absolute Gasteiger partial charge is 0.322 e. The molecule has 0 heterocycles. The Morgan fingerprint density at radius 2 is 1.52 bits per heavy atom. The zero-order valence-corrected chi connectivity index (χ0v) is 14.1. The number of carbonyl (C=O) groups is 5. The maximum atomic E-state index is 12.3. The highest BCUT2D eigenvalue weighted by Crippen LogP contribution is 2.06. The minimum atomic E-state index is -1.48. The van der Waals surface area contributed by atoms with E-state index in [1.54, 1.807) is 0 Å². The third kappa shape index (κ3) is 9.91. The molecule has 0 radical (unpaired) electrons. The zero-order chi connectivity index (χ0) is 19.6. The van der Waals surface area contributed by atoms with Crippen LogP contribution in [0.1, 0.15) is 26.7 Å². The highest BCUT2D eigenvalue weighted by Gasteiger charge is 2.28. The Balaban J connectivity index is 5.09. The van der Waals surface area contributed by atoms with Gasteiger partial charge in [0, 0.05) is 0 Å². The molecule has 142 valence electrons. The van der Waals surface area contributed by atoms with Crippen LogP contribution in [0.3, 0.4) is 0 Å². The van der Waals surface area contributed by atoms with Crippen LogP contribution < -0.4 is 21.7 Å². The van der Waals surface area contributed by atoms with Crippen molar-refractivity contribution in [2.45, 2.75) is 38.8 Å². The summed E-state index contributed by atoms with van der Waals surface area (Å²) in [7, 11) is 0. The van der Waals surface area contributed by atoms with Crippen molar-refractivity contribution in [3.8, 4) is 0 Å². The summed E-state index contributed by atoms with van der Waals surface area (Å²) in [6, 6.07) is -2.48. The van der Waals surface area contributed by atoms with Crippen LogP contribution in [0.2, 0.25) is 0 Å². The van der Waals surface area contributed by atoms with E-state index in [-0.39, 0.29) is 18.9 Å². The van der Waals surface area contributed by atoms with Gasteiger partial charge in [-0.15, -0.1) is 0 Å². The molecule has 11 heteroatoms. The van der Waals surface area contributed by atoms with Crippen molar-refractivity contribution in [1.82, 2.24) is 16.0 Å². The van der Waals surface area contributed by atoms with Crippen molar-refractivity contribution in [2.24, 2.45) is 11.7 Å². The van der Waals surface area contributed by atoms with Crippen LogP contribution in [0.5, 0.6) is 0 Å². The van der Waals surface area contributed by atoms with Gasteiger partial charge in [0.15, 0.2) is 0 Å². The van der Waals surface area contributed by atoms with E-state index in [1.807, 2.05) is 19.2 Å². The Morgan fingerprint density at radius 3 is 1.96 bits per heavy atom. The molecule has 0 saturated heterocycles. The van der Waals surface area contributed by atoms with E-state index in [4.69, 9.17) is 15.9 Å². The van der Waals surface area contributed by atoms with Gasteiger partial charge in [-0.2, -0.15) is 0 Å². The molecule has 0 aliphatic rings. The maximum Gasteiger partial charge on any atom is 0.322 e. The van der Waals surface area contributed by atoms with Gasteiger partial charge < -0.3 is 31.9 Å². The minimum Gasteiger partial charge on any atom is -0.481 e. The molecule has 0 saturated carbocycles. The van der Waals surface area contributed by atoms with Gasteiger partial charge in [-0.25, -0.2) is 0 Å². The molecular formula is C14H24N4O7. The average Bonchev–Trinajstić information content (AvgIpc) is 2.49. The molecule has 0 spiro atoms. The number of hydrogen-bond donors (Lipinski definition) is 6. The molecule has 0 aliphatic carbocycles. The molecule has 0 rings (SSSR count). The number of carbonyl (C=O) groups excluding carboxylic acids is 3. The van der Waals surface area contributed by atoms with E-state index in [2.05, 4.69) is 10.6 Å². The standard InChI is InChI=1S/C14H24N4O7/c1-7(2)3-8(17-10(19)5-15)14(25)18-9(4-11(20)21)13(24)16-6-12(22)23/h7-9H,3-6,15H2,1-2H3,(H,16,24)(H,17,19)(H,18,25)(H,20,21)(H,22,23). The Hall–Kier alpha value is -2.69. The van der Waals surface area contributed by atoms with Crippen LogP contribution in [-0.2, 0) is 24.0 Å². The number of amides is 3. The molecule has 0 fully saturated rings. The van der Waals surface area contributed by atoms with Crippen molar-refractivity contribution in [1.29, 1.82) is 0 Å². The van der Waals surface area contributed by atoms with Crippen LogP contribution in [0.25, 0.3) is 0 Å². The largest absolute Gasteiger partial charge is 0.481 e. The predicted octanol–water partition coefficient (Wildman–Crippen LogP) is -2.36. The summed E-state index contributed by atoms with van der Waals surface area (Å²) in [6.45, 7) is 2.57. The second-order valence-corrected chi connectivity index (χ2v) is 5.72. The first-order valence-corrected chi connectivity index (χ1v) is 7.57. The van der Waals surface area contributed by atoms with Crippen molar-refractivity contribution in [3.05, 3.63) is 0 Å². The molecule has 11 nitrogen and oxygen atoms in total. The van der Waals surface area contributed by atoms with Crippen LogP contribution in [-0.4, -0.2) is 65.0 Å². The summed E-state index contributed by atoms with van der Waals surface area (Å²) in [4.78, 5) is 57.0. The molecule has 0 aromatic rings. The number of rotatable bonds is 11. The summed E-state index contributed by atoms with van der Waals surface area (Å²) < 4.78 is 0. The molecule has 2 unspecified atom stereocenters. The Morgan fingerprint density at radius 1 is 0.920 bits per heavy atom. The fourth-order valence-corrected chi connectivity index (χ4v) is 1.90. The average molecular weight is 360 g/mol. The minimum absolute atomic E-state index is 0.0209. The summed E-state index contributed by atoms with van der Waals surface area (Å²) in [6.07, 6.45) is -0.495. The van der Waals surface area contributed by atoms with Crippen molar-refractivity contribution < 1.29 is 34.2 Å². The summed E-state index contributed by atoms with van der Waals surface area (Å²) in [5.41, 5.74) is 5.19. The molecule has 7 N–H and O–H groups in total. The van der Waals surface area contributed by atoms with E-state index in [9.17, 15) is 24.0 Å². The molecule has 0 aliphatic heterocycles. The van der Waals surface area contributed by atoms with E-state index < -0.39 is 54.7 Å². The summed E-state index contributed by atoms with van der Waals surface area (Å²) in [5.74, 6) is -4.94. The molecule has 0 aromatic heterocycles. The number of nitrogens with two attached hydrogens (primary N) is 1. The van der Waals surface area contributed by atoms with Crippen LogP contribution in [0.15, 0.2) is 0 Å². The molecule has 2 atom stereocenters. The van der Waals surface area contributed by atoms with Crippen molar-refractivity contribution >= 4 is 29.7 Å².